The molecule has 0 aliphatic rings. The van der Waals surface area contributed by atoms with Gasteiger partial charge in [-0.3, -0.25) is 4.68 Å². The lowest BCUT2D eigenvalue weighted by atomic mass is 10.1. The summed E-state index contributed by atoms with van der Waals surface area (Å²) in [5, 5.41) is 10.1. The summed E-state index contributed by atoms with van der Waals surface area (Å²) in [5.41, 5.74) is 7.67. The van der Waals surface area contributed by atoms with Crippen molar-refractivity contribution in [2.45, 2.75) is 6.04 Å². The lowest BCUT2D eigenvalue weighted by Crippen LogP contribution is -2.21. The Labute approximate surface area is 132 Å². The van der Waals surface area contributed by atoms with E-state index in [1.54, 1.807) is 11.7 Å². The number of nitrogens with zero attached hydrogens (tertiary/aromatic N) is 4. The first-order valence-electron chi connectivity index (χ1n) is 8.36. The molecular formula is C15H19N7. The maximum Gasteiger partial charge on any atom is 0.226 e. The molecule has 0 amide bonds. The molecule has 1 unspecified atom stereocenters. The fourth-order valence-electron chi connectivity index (χ4n) is 2.22. The van der Waals surface area contributed by atoms with E-state index in [4.69, 9.17) is 9.85 Å². The highest BCUT2D eigenvalue weighted by Crippen LogP contribution is 2.21. The number of rotatable bonds is 5. The lowest BCUT2D eigenvalue weighted by Gasteiger charge is -2.13. The van der Waals surface area contributed by atoms with E-state index >= 15 is 0 Å². The second-order valence-corrected chi connectivity index (χ2v) is 4.92. The minimum atomic E-state index is -2.37. The highest BCUT2D eigenvalue weighted by molar-refractivity contribution is 5.87. The average Bonchev–Trinajstić information content (AvgIpc) is 2.94. The van der Waals surface area contributed by atoms with E-state index in [1.165, 1.54) is 6.20 Å². The summed E-state index contributed by atoms with van der Waals surface area (Å²) < 4.78 is 23.8. The molecule has 0 radical (unpaired) electrons. The van der Waals surface area contributed by atoms with Gasteiger partial charge in [0.15, 0.2) is 5.65 Å². The number of fused-ring (bicyclic) bond motifs is 1. The molecule has 114 valence electrons. The van der Waals surface area contributed by atoms with Crippen molar-refractivity contribution >= 4 is 22.8 Å². The van der Waals surface area contributed by atoms with Crippen molar-refractivity contribution in [3.63, 3.8) is 0 Å². The first kappa shape index (κ1) is 11.0. The summed E-state index contributed by atoms with van der Waals surface area (Å²) in [6, 6.07) is 9.41. The van der Waals surface area contributed by atoms with E-state index in [2.05, 4.69) is 25.7 Å². The van der Waals surface area contributed by atoms with Crippen LogP contribution in [0.15, 0.2) is 36.5 Å². The predicted octanol–water partition coefficient (Wildman–Crippen LogP) is 1.52. The number of nitrogens with two attached hydrogens (primary N) is 1. The Morgan fingerprint density at radius 1 is 1.32 bits per heavy atom. The second kappa shape index (κ2) is 5.98. The van der Waals surface area contributed by atoms with Crippen LogP contribution in [0.4, 0.5) is 11.8 Å². The summed E-state index contributed by atoms with van der Waals surface area (Å²) >= 11 is 0. The number of benzene rings is 1. The van der Waals surface area contributed by atoms with Crippen LogP contribution >= 0.6 is 0 Å². The molecule has 1 aromatic carbocycles. The Bertz CT molecular complexity index is 861. The summed E-state index contributed by atoms with van der Waals surface area (Å²) in [6.45, 7) is -1.96. The van der Waals surface area contributed by atoms with Crippen molar-refractivity contribution in [1.29, 1.82) is 0 Å². The zero-order valence-corrected chi connectivity index (χ0v) is 12.1. The maximum absolute atomic E-state index is 7.40. The van der Waals surface area contributed by atoms with E-state index in [0.717, 1.165) is 5.56 Å². The molecule has 22 heavy (non-hydrogen) atoms. The van der Waals surface area contributed by atoms with Gasteiger partial charge in [-0.05, 0) is 5.56 Å². The van der Waals surface area contributed by atoms with Crippen LogP contribution in [0, 0.1) is 0 Å². The van der Waals surface area contributed by atoms with Gasteiger partial charge in [0.1, 0.15) is 5.82 Å². The van der Waals surface area contributed by atoms with Crippen LogP contribution in [0.3, 0.4) is 0 Å². The van der Waals surface area contributed by atoms with Crippen LogP contribution in [0.1, 0.15) is 15.7 Å². The Kier molecular flexibility index (Phi) is 2.98. The smallest absolute Gasteiger partial charge is 0.226 e. The van der Waals surface area contributed by atoms with Crippen molar-refractivity contribution in [2.75, 3.05) is 24.2 Å². The zero-order chi connectivity index (χ0) is 18.0. The Balaban J connectivity index is 1.85. The normalized spacial score (nSPS) is 14.9. The molecule has 0 bridgehead atoms. The van der Waals surface area contributed by atoms with Crippen LogP contribution in [-0.4, -0.2) is 33.3 Å². The molecule has 3 rings (SSSR count). The van der Waals surface area contributed by atoms with Crippen LogP contribution in [0.5, 0.6) is 0 Å². The van der Waals surface area contributed by atoms with Crippen molar-refractivity contribution < 1.29 is 4.11 Å². The fraction of sp³-hybridized carbons (Fsp3) is 0.267. The van der Waals surface area contributed by atoms with Gasteiger partial charge in [-0.15, -0.1) is 0 Å². The predicted molar refractivity (Wildman–Crippen MR) is 87.7 cm³/mol. The van der Waals surface area contributed by atoms with Crippen LogP contribution in [-0.2, 0) is 7.05 Å². The van der Waals surface area contributed by atoms with Gasteiger partial charge in [0.2, 0.25) is 5.95 Å². The second-order valence-electron chi connectivity index (χ2n) is 4.92. The summed E-state index contributed by atoms with van der Waals surface area (Å²) in [6.07, 6.45) is 1.53. The van der Waals surface area contributed by atoms with Gasteiger partial charge in [-0.1, -0.05) is 30.3 Å². The van der Waals surface area contributed by atoms with Crippen molar-refractivity contribution in [2.24, 2.45) is 12.8 Å². The van der Waals surface area contributed by atoms with Crippen LogP contribution in [0.25, 0.3) is 11.0 Å². The van der Waals surface area contributed by atoms with E-state index in [9.17, 15) is 0 Å². The summed E-state index contributed by atoms with van der Waals surface area (Å²) in [5.74, 6) is 0.489. The molecule has 2 aromatic heterocycles. The van der Waals surface area contributed by atoms with E-state index in [-0.39, 0.29) is 17.8 Å². The quantitative estimate of drug-likeness (QED) is 0.661. The third kappa shape index (κ3) is 2.71. The fourth-order valence-corrected chi connectivity index (χ4v) is 2.22. The third-order valence-electron chi connectivity index (χ3n) is 3.42. The highest BCUT2D eigenvalue weighted by Gasteiger charge is 2.11. The number of nitrogens with one attached hydrogen (secondary N) is 2. The van der Waals surface area contributed by atoms with Gasteiger partial charge in [-0.25, -0.2) is 0 Å². The summed E-state index contributed by atoms with van der Waals surface area (Å²) in [7, 11) is 1.73. The standard InChI is InChI=1S/C15H19N7/c1-17-13-11-8-19-22(2)14(11)21-15(20-13)18-9-12(16)10-6-4-3-5-7-10/h3-8,12H,9,16H2,1-2H3,(H2,17,18,20,21)/i1D3. The van der Waals surface area contributed by atoms with Gasteiger partial charge in [0, 0.05) is 30.7 Å². The topological polar surface area (TPSA) is 93.7 Å². The molecule has 3 aromatic rings. The van der Waals surface area contributed by atoms with Gasteiger partial charge >= 0.3 is 0 Å². The molecule has 0 aliphatic carbocycles. The van der Waals surface area contributed by atoms with Gasteiger partial charge in [-0.2, -0.15) is 15.1 Å². The third-order valence-corrected chi connectivity index (χ3v) is 3.42. The first-order valence-corrected chi connectivity index (χ1v) is 6.86. The van der Waals surface area contributed by atoms with Crippen LogP contribution < -0.4 is 16.4 Å². The molecule has 0 saturated heterocycles. The molecule has 1 atom stereocenters. The summed E-state index contributed by atoms with van der Waals surface area (Å²) in [4.78, 5) is 8.65. The van der Waals surface area contributed by atoms with Crippen molar-refractivity contribution in [3.05, 3.63) is 42.1 Å². The minimum absolute atomic E-state index is 0.203. The molecule has 4 N–H and O–H groups in total. The first-order chi connectivity index (χ1) is 11.8. The molecular weight excluding hydrogens is 278 g/mol. The molecule has 0 spiro atoms. The SMILES string of the molecule is [2H]C([2H])([2H])Nc1nc(NCC(N)c2ccccc2)nc2c1cnn2C. The van der Waals surface area contributed by atoms with E-state index in [0.29, 0.717) is 17.6 Å². The monoisotopic (exact) mass is 300 g/mol. The highest BCUT2D eigenvalue weighted by atomic mass is 15.3. The van der Waals surface area contributed by atoms with E-state index in [1.807, 2.05) is 30.3 Å². The van der Waals surface area contributed by atoms with Crippen molar-refractivity contribution in [1.82, 2.24) is 19.7 Å². The van der Waals surface area contributed by atoms with Gasteiger partial charge in [0.05, 0.1) is 11.6 Å². The van der Waals surface area contributed by atoms with Gasteiger partial charge < -0.3 is 16.4 Å². The number of hydrogen-bond acceptors (Lipinski definition) is 6. The molecule has 0 aliphatic heterocycles. The lowest BCUT2D eigenvalue weighted by molar-refractivity contribution is 0.756. The Morgan fingerprint density at radius 3 is 2.91 bits per heavy atom. The van der Waals surface area contributed by atoms with Crippen molar-refractivity contribution in [3.8, 4) is 0 Å². The van der Waals surface area contributed by atoms with Gasteiger partial charge in [0.25, 0.3) is 0 Å². The molecule has 2 heterocycles. The van der Waals surface area contributed by atoms with E-state index < -0.39 is 6.98 Å². The molecule has 0 saturated carbocycles. The minimum Gasteiger partial charge on any atom is -0.372 e. The Morgan fingerprint density at radius 2 is 2.14 bits per heavy atom. The average molecular weight is 300 g/mol. The maximum atomic E-state index is 7.40. The molecule has 0 fully saturated rings. The number of hydrogen-bond donors (Lipinski definition) is 3. The largest absolute Gasteiger partial charge is 0.372 e. The molecule has 7 nitrogen and oxygen atoms in total. The van der Waals surface area contributed by atoms with Crippen LogP contribution in [0.2, 0.25) is 0 Å². The molecule has 7 heteroatoms. The zero-order valence-electron chi connectivity index (χ0n) is 15.1. The number of aryl methyl sites for hydroxylation is 1. The number of aromatic nitrogens is 4. The Hall–Kier alpha value is -2.67. The number of anilines is 2.